The number of carbonyl (C=O) groups excluding carboxylic acids is 2. The van der Waals surface area contributed by atoms with Gasteiger partial charge in [-0.15, -0.1) is 0 Å². The Kier molecular flexibility index (Phi) is 6.00. The van der Waals surface area contributed by atoms with E-state index in [0.717, 1.165) is 13.1 Å². The van der Waals surface area contributed by atoms with Gasteiger partial charge >= 0.3 is 6.03 Å². The lowest BCUT2D eigenvalue weighted by molar-refractivity contribution is 0.104. The number of fused-ring (bicyclic) bond motifs is 1. The number of likely N-dealkylation sites (N-methyl/N-ethyl adjacent to an activating group) is 1. The van der Waals surface area contributed by atoms with Crippen LogP contribution in [0.15, 0.2) is 77.6 Å². The third kappa shape index (κ3) is 4.13. The monoisotopic (exact) mass is 472 g/mol. The van der Waals surface area contributed by atoms with Crippen LogP contribution < -0.4 is 10.9 Å². The molecule has 0 spiro atoms. The lowest BCUT2D eigenvalue weighted by atomic mass is 10.0. The summed E-state index contributed by atoms with van der Waals surface area (Å²) in [6.07, 6.45) is 0. The molecule has 2 aromatic carbocycles. The molecule has 0 saturated carbocycles. The Hall–Kier alpha value is -3.75. The van der Waals surface area contributed by atoms with Gasteiger partial charge in [0.2, 0.25) is 0 Å². The van der Waals surface area contributed by atoms with Crippen molar-refractivity contribution in [3.05, 3.63) is 94.3 Å². The van der Waals surface area contributed by atoms with E-state index >= 15 is 0 Å². The molecular formula is C26H24N4O3S. The number of thiophene rings is 1. The van der Waals surface area contributed by atoms with Crippen molar-refractivity contribution in [3.63, 3.8) is 0 Å². The minimum atomic E-state index is -0.240. The first-order valence-electron chi connectivity index (χ1n) is 11.1. The molecule has 34 heavy (non-hydrogen) atoms. The number of benzene rings is 2. The Balaban J connectivity index is 1.65. The van der Waals surface area contributed by atoms with Gasteiger partial charge in [-0.25, -0.2) is 4.79 Å². The van der Waals surface area contributed by atoms with Crippen molar-refractivity contribution in [2.45, 2.75) is 0 Å². The molecule has 8 heteroatoms. The van der Waals surface area contributed by atoms with E-state index in [1.165, 1.54) is 17.4 Å². The maximum absolute atomic E-state index is 13.6. The molecule has 7 nitrogen and oxygen atoms in total. The first-order chi connectivity index (χ1) is 16.5. The number of hydrogen-bond acceptors (Lipinski definition) is 5. The van der Waals surface area contributed by atoms with E-state index in [-0.39, 0.29) is 17.4 Å². The summed E-state index contributed by atoms with van der Waals surface area (Å²) in [6, 6.07) is 21.2. The predicted octanol–water partition coefficient (Wildman–Crippen LogP) is 4.06. The summed E-state index contributed by atoms with van der Waals surface area (Å²) in [5, 5.41) is 4.07. The maximum atomic E-state index is 13.6. The van der Waals surface area contributed by atoms with E-state index in [0.29, 0.717) is 45.1 Å². The van der Waals surface area contributed by atoms with E-state index in [9.17, 15) is 14.4 Å². The Morgan fingerprint density at radius 3 is 2.18 bits per heavy atom. The predicted molar refractivity (Wildman–Crippen MR) is 135 cm³/mol. The number of carbonyl (C=O) groups is 2. The third-order valence-electron chi connectivity index (χ3n) is 6.03. The second-order valence-electron chi connectivity index (χ2n) is 8.28. The smallest absolute Gasteiger partial charge is 0.322 e. The molecule has 5 rings (SSSR count). The average molecular weight is 473 g/mol. The van der Waals surface area contributed by atoms with Crippen LogP contribution in [-0.2, 0) is 0 Å². The summed E-state index contributed by atoms with van der Waals surface area (Å²) in [4.78, 5) is 44.2. The number of ketones is 1. The number of hydrogen-bond donors (Lipinski definition) is 1. The summed E-state index contributed by atoms with van der Waals surface area (Å²) in [7, 11) is 2.03. The molecule has 0 bridgehead atoms. The summed E-state index contributed by atoms with van der Waals surface area (Å²) >= 11 is 1.25. The van der Waals surface area contributed by atoms with Crippen molar-refractivity contribution in [2.24, 2.45) is 0 Å². The second kappa shape index (κ2) is 9.24. The van der Waals surface area contributed by atoms with Gasteiger partial charge in [-0.3, -0.25) is 19.5 Å². The fourth-order valence-corrected chi connectivity index (χ4v) is 5.34. The highest BCUT2D eigenvalue weighted by atomic mass is 32.1. The largest absolute Gasteiger partial charge is 0.322 e. The number of para-hydroxylation sites is 1. The zero-order valence-electron chi connectivity index (χ0n) is 18.7. The molecule has 0 unspecified atom stereocenters. The van der Waals surface area contributed by atoms with Gasteiger partial charge < -0.3 is 9.80 Å². The summed E-state index contributed by atoms with van der Waals surface area (Å²) < 4.78 is 1.59. The van der Waals surface area contributed by atoms with E-state index in [2.05, 4.69) is 10.2 Å². The minimum absolute atomic E-state index is 0.196. The molecule has 0 aliphatic carbocycles. The Labute approximate surface area is 200 Å². The van der Waals surface area contributed by atoms with Gasteiger partial charge in [0, 0.05) is 43.2 Å². The number of nitrogens with zero attached hydrogens (tertiary/aromatic N) is 3. The van der Waals surface area contributed by atoms with Gasteiger partial charge in [-0.1, -0.05) is 59.9 Å². The highest BCUT2D eigenvalue weighted by Crippen LogP contribution is 2.37. The number of amides is 2. The van der Waals surface area contributed by atoms with Crippen LogP contribution >= 0.6 is 11.3 Å². The number of urea groups is 1. The molecular weight excluding hydrogens is 448 g/mol. The summed E-state index contributed by atoms with van der Waals surface area (Å²) in [5.41, 5.74) is 1.43. The average Bonchev–Trinajstić information content (AvgIpc) is 3.22. The van der Waals surface area contributed by atoms with Gasteiger partial charge in [0.15, 0.2) is 5.78 Å². The lowest BCUT2D eigenvalue weighted by Gasteiger charge is -2.32. The highest BCUT2D eigenvalue weighted by Gasteiger charge is 2.26. The van der Waals surface area contributed by atoms with Gasteiger partial charge in [0.05, 0.1) is 11.3 Å². The maximum Gasteiger partial charge on any atom is 0.322 e. The number of anilines is 1. The molecule has 2 amide bonds. The normalized spacial score (nSPS) is 14.3. The number of nitrogens with one attached hydrogen (secondary N) is 1. The van der Waals surface area contributed by atoms with Crippen LogP contribution in [0.2, 0.25) is 0 Å². The van der Waals surface area contributed by atoms with Crippen molar-refractivity contribution in [3.8, 4) is 5.69 Å². The lowest BCUT2D eigenvalue weighted by Crippen LogP contribution is -2.48. The zero-order valence-corrected chi connectivity index (χ0v) is 19.5. The molecule has 1 N–H and O–H groups in total. The molecule has 1 aliphatic rings. The first-order valence-corrected chi connectivity index (χ1v) is 11.9. The van der Waals surface area contributed by atoms with Crippen molar-refractivity contribution in [1.82, 2.24) is 14.4 Å². The van der Waals surface area contributed by atoms with Crippen LogP contribution in [0, 0.1) is 0 Å². The zero-order chi connectivity index (χ0) is 23.7. The summed E-state index contributed by atoms with van der Waals surface area (Å²) in [5.74, 6) is -0.196. The molecule has 1 aliphatic heterocycles. The number of aromatic nitrogens is 1. The Morgan fingerprint density at radius 2 is 1.50 bits per heavy atom. The number of rotatable bonds is 4. The Bertz CT molecular complexity index is 1400. The third-order valence-corrected chi connectivity index (χ3v) is 7.14. The van der Waals surface area contributed by atoms with Crippen LogP contribution in [0.25, 0.3) is 15.9 Å². The van der Waals surface area contributed by atoms with Crippen LogP contribution in [0.5, 0.6) is 0 Å². The van der Waals surface area contributed by atoms with Gasteiger partial charge in [0.25, 0.3) is 5.56 Å². The SMILES string of the molecule is CN1CCN(C(=O)Nc2sc3c(ccc(=O)n3-c3ccccc3)c2C(=O)c2ccccc2)CC1. The second-order valence-corrected chi connectivity index (χ2v) is 9.28. The first kappa shape index (κ1) is 22.1. The van der Waals surface area contributed by atoms with Crippen LogP contribution in [0.1, 0.15) is 15.9 Å². The van der Waals surface area contributed by atoms with Crippen LogP contribution in [0.4, 0.5) is 9.80 Å². The standard InChI is InChI=1S/C26H24N4O3S/c1-28-14-16-29(17-15-28)26(33)27-24-22(23(32)18-8-4-2-5-9-18)20-12-13-21(31)30(25(20)34-24)19-10-6-3-7-11-19/h2-13H,14-17H2,1H3,(H,27,33). The molecule has 3 heterocycles. The van der Waals surface area contributed by atoms with Crippen molar-refractivity contribution in [1.29, 1.82) is 0 Å². The van der Waals surface area contributed by atoms with Crippen molar-refractivity contribution >= 4 is 38.4 Å². The van der Waals surface area contributed by atoms with Crippen molar-refractivity contribution in [2.75, 3.05) is 38.5 Å². The fraction of sp³-hybridized carbons (Fsp3) is 0.192. The van der Waals surface area contributed by atoms with Crippen LogP contribution in [0.3, 0.4) is 0 Å². The molecule has 2 aromatic heterocycles. The molecule has 172 valence electrons. The van der Waals surface area contributed by atoms with Gasteiger partial charge in [-0.2, -0.15) is 0 Å². The van der Waals surface area contributed by atoms with Crippen LogP contribution in [-0.4, -0.2) is 59.4 Å². The van der Waals surface area contributed by atoms with Gasteiger partial charge in [0.1, 0.15) is 9.83 Å². The van der Waals surface area contributed by atoms with E-state index in [1.54, 1.807) is 27.7 Å². The van der Waals surface area contributed by atoms with Gasteiger partial charge in [-0.05, 0) is 25.2 Å². The number of pyridine rings is 1. The molecule has 1 fully saturated rings. The highest BCUT2D eigenvalue weighted by molar-refractivity contribution is 7.23. The topological polar surface area (TPSA) is 74.7 Å². The van der Waals surface area contributed by atoms with E-state index in [4.69, 9.17) is 0 Å². The fourth-order valence-electron chi connectivity index (χ4n) is 4.14. The molecule has 0 radical (unpaired) electrons. The molecule has 1 saturated heterocycles. The van der Waals surface area contributed by atoms with E-state index < -0.39 is 0 Å². The quantitative estimate of drug-likeness (QED) is 0.455. The summed E-state index contributed by atoms with van der Waals surface area (Å²) in [6.45, 7) is 2.82. The van der Waals surface area contributed by atoms with Crippen molar-refractivity contribution < 1.29 is 9.59 Å². The molecule has 0 atom stereocenters. The minimum Gasteiger partial charge on any atom is -0.322 e. The molecule has 4 aromatic rings. The van der Waals surface area contributed by atoms with E-state index in [1.807, 2.05) is 55.6 Å². The number of piperazine rings is 1. The Morgan fingerprint density at radius 1 is 0.853 bits per heavy atom.